The number of H-pyrrole nitrogens is 1. The number of carbonyl (C=O) groups is 1. The Labute approximate surface area is 104 Å². The lowest BCUT2D eigenvalue weighted by Crippen LogP contribution is -2.48. The fourth-order valence-electron chi connectivity index (χ4n) is 2.32. The second-order valence-electron chi connectivity index (χ2n) is 4.39. The summed E-state index contributed by atoms with van der Waals surface area (Å²) < 4.78 is 0. The Hall–Kier alpha value is -2.12. The SMILES string of the molecule is N/C(=N\O)C1(C(=O)NCc2ncn[nH]2)CCCC1. The lowest BCUT2D eigenvalue weighted by molar-refractivity contribution is -0.127. The van der Waals surface area contributed by atoms with Crippen molar-refractivity contribution in [2.45, 2.75) is 32.2 Å². The van der Waals surface area contributed by atoms with Crippen LogP contribution < -0.4 is 11.1 Å². The van der Waals surface area contributed by atoms with Crippen molar-refractivity contribution in [2.75, 3.05) is 0 Å². The van der Waals surface area contributed by atoms with Crippen molar-refractivity contribution in [2.24, 2.45) is 16.3 Å². The van der Waals surface area contributed by atoms with E-state index in [0.717, 1.165) is 12.8 Å². The summed E-state index contributed by atoms with van der Waals surface area (Å²) in [4.78, 5) is 16.1. The predicted octanol–water partition coefficient (Wildman–Crippen LogP) is -0.272. The van der Waals surface area contributed by atoms with Crippen molar-refractivity contribution in [3.05, 3.63) is 12.2 Å². The van der Waals surface area contributed by atoms with Crippen LogP contribution in [-0.2, 0) is 11.3 Å². The number of amides is 1. The number of carbonyl (C=O) groups excluding carboxylic acids is 1. The first-order valence-electron chi connectivity index (χ1n) is 5.79. The molecule has 1 saturated carbocycles. The second-order valence-corrected chi connectivity index (χ2v) is 4.39. The number of oxime groups is 1. The Bertz CT molecular complexity index is 435. The molecule has 8 heteroatoms. The van der Waals surface area contributed by atoms with Gasteiger partial charge in [-0.3, -0.25) is 9.89 Å². The van der Waals surface area contributed by atoms with E-state index in [1.165, 1.54) is 6.33 Å². The fraction of sp³-hybridized carbons (Fsp3) is 0.600. The van der Waals surface area contributed by atoms with Gasteiger partial charge in [0.25, 0.3) is 0 Å². The molecule has 1 aliphatic rings. The summed E-state index contributed by atoms with van der Waals surface area (Å²) in [6.07, 6.45) is 4.37. The monoisotopic (exact) mass is 252 g/mol. The summed E-state index contributed by atoms with van der Waals surface area (Å²) >= 11 is 0. The van der Waals surface area contributed by atoms with E-state index in [9.17, 15) is 4.79 Å². The molecule has 18 heavy (non-hydrogen) atoms. The third kappa shape index (κ3) is 2.13. The van der Waals surface area contributed by atoms with E-state index in [4.69, 9.17) is 10.9 Å². The standard InChI is InChI=1S/C10H16N6O2/c11-8(16-18)10(3-1-2-4-10)9(17)12-5-7-13-6-14-15-7/h6,18H,1-5H2,(H2,11,16)(H,12,17)(H,13,14,15). The minimum Gasteiger partial charge on any atom is -0.409 e. The van der Waals surface area contributed by atoms with E-state index in [1.807, 2.05) is 0 Å². The number of hydrogen-bond donors (Lipinski definition) is 4. The van der Waals surface area contributed by atoms with Crippen LogP contribution in [0.2, 0.25) is 0 Å². The van der Waals surface area contributed by atoms with Crippen LogP contribution in [-0.4, -0.2) is 32.1 Å². The Morgan fingerprint density at radius 3 is 2.89 bits per heavy atom. The zero-order chi connectivity index (χ0) is 13.0. The molecule has 0 radical (unpaired) electrons. The van der Waals surface area contributed by atoms with Crippen LogP contribution in [0.4, 0.5) is 0 Å². The van der Waals surface area contributed by atoms with Crippen molar-refractivity contribution >= 4 is 11.7 Å². The number of nitrogens with zero attached hydrogens (tertiary/aromatic N) is 3. The van der Waals surface area contributed by atoms with Crippen LogP contribution in [0.5, 0.6) is 0 Å². The highest BCUT2D eigenvalue weighted by Gasteiger charge is 2.45. The fourth-order valence-corrected chi connectivity index (χ4v) is 2.32. The van der Waals surface area contributed by atoms with E-state index in [2.05, 4.69) is 25.7 Å². The maximum Gasteiger partial charge on any atom is 0.234 e. The highest BCUT2D eigenvalue weighted by Crippen LogP contribution is 2.38. The van der Waals surface area contributed by atoms with Gasteiger partial charge in [-0.25, -0.2) is 4.98 Å². The van der Waals surface area contributed by atoms with Gasteiger partial charge in [-0.1, -0.05) is 18.0 Å². The van der Waals surface area contributed by atoms with Crippen molar-refractivity contribution in [3.63, 3.8) is 0 Å². The topological polar surface area (TPSA) is 129 Å². The molecule has 0 spiro atoms. The van der Waals surface area contributed by atoms with Crippen LogP contribution in [0.15, 0.2) is 11.5 Å². The Kier molecular flexibility index (Phi) is 3.45. The van der Waals surface area contributed by atoms with Crippen LogP contribution >= 0.6 is 0 Å². The molecule has 1 heterocycles. The van der Waals surface area contributed by atoms with Gasteiger partial charge in [0.15, 0.2) is 5.84 Å². The average Bonchev–Trinajstić information content (AvgIpc) is 3.06. The summed E-state index contributed by atoms with van der Waals surface area (Å²) in [5.74, 6) is 0.317. The molecule has 1 amide bonds. The highest BCUT2D eigenvalue weighted by molar-refractivity contribution is 6.06. The minimum absolute atomic E-state index is 0.0185. The molecule has 1 aromatic rings. The van der Waals surface area contributed by atoms with Gasteiger partial charge in [0.2, 0.25) is 5.91 Å². The molecule has 1 aromatic heterocycles. The van der Waals surface area contributed by atoms with Crippen molar-refractivity contribution in [1.29, 1.82) is 0 Å². The summed E-state index contributed by atoms with van der Waals surface area (Å²) in [5.41, 5.74) is 4.79. The zero-order valence-electron chi connectivity index (χ0n) is 9.89. The Balaban J connectivity index is 2.05. The van der Waals surface area contributed by atoms with E-state index in [-0.39, 0.29) is 18.3 Å². The molecule has 0 aliphatic heterocycles. The van der Waals surface area contributed by atoms with E-state index in [0.29, 0.717) is 18.7 Å². The van der Waals surface area contributed by atoms with Crippen LogP contribution in [0, 0.1) is 5.41 Å². The van der Waals surface area contributed by atoms with Crippen molar-refractivity contribution in [1.82, 2.24) is 20.5 Å². The normalized spacial score (nSPS) is 18.8. The van der Waals surface area contributed by atoms with Gasteiger partial charge in [0, 0.05) is 0 Å². The number of nitrogens with one attached hydrogen (secondary N) is 2. The number of nitrogens with two attached hydrogens (primary N) is 1. The summed E-state index contributed by atoms with van der Waals surface area (Å²) in [6, 6.07) is 0. The number of aromatic amines is 1. The summed E-state index contributed by atoms with van der Waals surface area (Å²) in [6.45, 7) is 0.249. The van der Waals surface area contributed by atoms with E-state index in [1.54, 1.807) is 0 Å². The maximum atomic E-state index is 12.2. The molecule has 1 fully saturated rings. The lowest BCUT2D eigenvalue weighted by atomic mass is 9.84. The zero-order valence-corrected chi connectivity index (χ0v) is 9.89. The molecule has 5 N–H and O–H groups in total. The van der Waals surface area contributed by atoms with Crippen molar-refractivity contribution in [3.8, 4) is 0 Å². The molecule has 98 valence electrons. The number of rotatable bonds is 4. The first-order valence-corrected chi connectivity index (χ1v) is 5.79. The van der Waals surface area contributed by atoms with Crippen LogP contribution in [0.25, 0.3) is 0 Å². The third-order valence-corrected chi connectivity index (χ3v) is 3.37. The van der Waals surface area contributed by atoms with Gasteiger partial charge in [0.05, 0.1) is 6.54 Å². The molecule has 0 unspecified atom stereocenters. The van der Waals surface area contributed by atoms with Gasteiger partial charge < -0.3 is 16.3 Å². The predicted molar refractivity (Wildman–Crippen MR) is 62.5 cm³/mol. The summed E-state index contributed by atoms with van der Waals surface area (Å²) in [5, 5.41) is 20.9. The molecular formula is C10H16N6O2. The second kappa shape index (κ2) is 5.03. The summed E-state index contributed by atoms with van der Waals surface area (Å²) in [7, 11) is 0. The van der Waals surface area contributed by atoms with Gasteiger partial charge in [-0.15, -0.1) is 0 Å². The van der Waals surface area contributed by atoms with Crippen molar-refractivity contribution < 1.29 is 10.0 Å². The molecular weight excluding hydrogens is 236 g/mol. The average molecular weight is 252 g/mol. The first kappa shape index (κ1) is 12.3. The highest BCUT2D eigenvalue weighted by atomic mass is 16.4. The largest absolute Gasteiger partial charge is 0.409 e. The molecule has 0 saturated heterocycles. The van der Waals surface area contributed by atoms with E-state index >= 15 is 0 Å². The molecule has 8 nitrogen and oxygen atoms in total. The number of aromatic nitrogens is 3. The minimum atomic E-state index is -0.880. The smallest absolute Gasteiger partial charge is 0.234 e. The quantitative estimate of drug-likeness (QED) is 0.253. The Morgan fingerprint density at radius 2 is 2.33 bits per heavy atom. The molecule has 2 rings (SSSR count). The van der Waals surface area contributed by atoms with Gasteiger partial charge >= 0.3 is 0 Å². The van der Waals surface area contributed by atoms with Gasteiger partial charge in [-0.2, -0.15) is 5.10 Å². The van der Waals surface area contributed by atoms with Gasteiger partial charge in [0.1, 0.15) is 17.6 Å². The number of hydrogen-bond acceptors (Lipinski definition) is 5. The third-order valence-electron chi connectivity index (χ3n) is 3.37. The van der Waals surface area contributed by atoms with Crippen LogP contribution in [0.3, 0.4) is 0 Å². The molecule has 0 bridgehead atoms. The van der Waals surface area contributed by atoms with Gasteiger partial charge in [-0.05, 0) is 12.8 Å². The first-order chi connectivity index (χ1) is 8.69. The molecule has 0 aromatic carbocycles. The van der Waals surface area contributed by atoms with Crippen LogP contribution in [0.1, 0.15) is 31.5 Å². The number of amidine groups is 1. The Morgan fingerprint density at radius 1 is 1.61 bits per heavy atom. The lowest BCUT2D eigenvalue weighted by Gasteiger charge is -2.25. The molecule has 0 atom stereocenters. The van der Waals surface area contributed by atoms with E-state index < -0.39 is 5.41 Å². The maximum absolute atomic E-state index is 12.2. The molecule has 1 aliphatic carbocycles.